The molecule has 2 aliphatic rings. The molecule has 6 rings (SSSR count). The number of hydrogen-bond acceptors (Lipinski definition) is 0. The molecule has 2 unspecified atom stereocenters. The molecule has 0 aromatic heterocycles. The van der Waals surface area contributed by atoms with Gasteiger partial charge in [0.2, 0.25) is 0 Å². The Bertz CT molecular complexity index is 1590. The van der Waals surface area contributed by atoms with E-state index in [2.05, 4.69) is 152 Å². The molecular formula is C42H48GeLi2. The van der Waals surface area contributed by atoms with Crippen LogP contribution in [0.4, 0.5) is 0 Å². The fraction of sp³-hybridized carbons (Fsp3) is 0.333. The van der Waals surface area contributed by atoms with Crippen molar-refractivity contribution in [2.24, 2.45) is 0 Å². The van der Waals surface area contributed by atoms with Crippen LogP contribution in [0.5, 0.6) is 0 Å². The molecule has 0 heterocycles. The molecular weight excluding hydrogens is 591 g/mol. The van der Waals surface area contributed by atoms with Gasteiger partial charge in [0.05, 0.1) is 0 Å². The largest absolute Gasteiger partial charge is 1.00 e. The van der Waals surface area contributed by atoms with Gasteiger partial charge < -0.3 is 2.85 Å². The summed E-state index contributed by atoms with van der Waals surface area (Å²) in [6.45, 7) is 18.4. The van der Waals surface area contributed by atoms with Crippen LogP contribution in [-0.2, 0) is 10.8 Å². The molecule has 3 heteroatoms. The fourth-order valence-corrected chi connectivity index (χ4v) is 10.8. The van der Waals surface area contributed by atoms with Gasteiger partial charge in [0, 0.05) is 0 Å². The topological polar surface area (TPSA) is 0 Å². The SMILES string of the molecule is CC1=Cc2c(-c3ccc(C(C)(C)C)cc3)cccc2C1[CH2][Ge][CH2]C1C(C)=Cc2c(-c3ccc(C(C)(C)C)cc3)cccc21.[H-].[H-].[Li+].[Li+]. The van der Waals surface area contributed by atoms with Crippen molar-refractivity contribution in [2.45, 2.75) is 88.6 Å². The van der Waals surface area contributed by atoms with E-state index in [-0.39, 0.29) is 66.8 Å². The zero-order chi connectivity index (χ0) is 30.5. The Morgan fingerprint density at radius 3 is 1.22 bits per heavy atom. The standard InChI is InChI=1S/C42H46Ge.2Li.2H/c1-27-23-37-33(29-15-19-31(20-16-29)41(3,4)5)11-9-13-35(37)39(27)25-43-26-40-28(2)24-38-34(12-10-14-36(38)40)30-17-21-32(22-18-30)42(6,7)8;;;;/h9-24,39-40H,25-26H2,1-8H3;;;;/q;2*+1;2*-1. The Morgan fingerprint density at radius 1 is 0.533 bits per heavy atom. The molecule has 0 nitrogen and oxygen atoms in total. The third-order valence-corrected chi connectivity index (χ3v) is 12.6. The molecule has 222 valence electrons. The summed E-state index contributed by atoms with van der Waals surface area (Å²) in [4.78, 5) is 0. The molecule has 2 atom stereocenters. The van der Waals surface area contributed by atoms with Crippen LogP contribution in [-0.4, -0.2) is 15.4 Å². The molecule has 4 aromatic rings. The van der Waals surface area contributed by atoms with E-state index >= 15 is 0 Å². The number of benzene rings is 4. The van der Waals surface area contributed by atoms with Crippen LogP contribution < -0.4 is 37.7 Å². The Morgan fingerprint density at radius 2 is 0.889 bits per heavy atom. The predicted octanol–water partition coefficient (Wildman–Crippen LogP) is 6.09. The molecule has 0 saturated heterocycles. The summed E-state index contributed by atoms with van der Waals surface area (Å²) in [6.07, 6.45) is 4.96. The van der Waals surface area contributed by atoms with Crippen LogP contribution >= 0.6 is 0 Å². The minimum Gasteiger partial charge on any atom is -1.00 e. The van der Waals surface area contributed by atoms with Crippen LogP contribution in [0, 0.1) is 0 Å². The van der Waals surface area contributed by atoms with Crippen molar-refractivity contribution in [2.75, 3.05) is 0 Å². The van der Waals surface area contributed by atoms with Gasteiger partial charge in [-0.15, -0.1) is 0 Å². The van der Waals surface area contributed by atoms with Gasteiger partial charge >= 0.3 is 306 Å². The molecule has 0 N–H and O–H groups in total. The quantitative estimate of drug-likeness (QED) is 0.224. The first-order chi connectivity index (χ1) is 20.4. The van der Waals surface area contributed by atoms with Crippen molar-refractivity contribution < 1.29 is 40.6 Å². The van der Waals surface area contributed by atoms with Crippen molar-refractivity contribution in [3.8, 4) is 22.3 Å². The van der Waals surface area contributed by atoms with Crippen LogP contribution in [0.1, 0.15) is 103 Å². The van der Waals surface area contributed by atoms with Crippen LogP contribution in [0.15, 0.2) is 96.1 Å². The Kier molecular flexibility index (Phi) is 11.2. The van der Waals surface area contributed by atoms with Crippen LogP contribution in [0.2, 0.25) is 10.5 Å². The first-order valence-corrected chi connectivity index (χ1v) is 18.9. The summed E-state index contributed by atoms with van der Waals surface area (Å²) in [5, 5.41) is 2.66. The van der Waals surface area contributed by atoms with E-state index in [1.807, 2.05) is 0 Å². The van der Waals surface area contributed by atoms with Crippen molar-refractivity contribution in [3.05, 3.63) is 129 Å². The maximum Gasteiger partial charge on any atom is 1.00 e. The van der Waals surface area contributed by atoms with Crippen molar-refractivity contribution in [1.82, 2.24) is 0 Å². The number of fused-ring (bicyclic) bond motifs is 2. The molecule has 2 radical (unpaired) electrons. The summed E-state index contributed by atoms with van der Waals surface area (Å²) >= 11 is -0.116. The molecule has 0 amide bonds. The maximum atomic E-state index is 2.48. The average Bonchev–Trinajstić information content (AvgIpc) is 3.47. The second kappa shape index (κ2) is 14.1. The monoisotopic (exact) mass is 640 g/mol. The van der Waals surface area contributed by atoms with Gasteiger partial charge in [-0.25, -0.2) is 0 Å². The molecule has 45 heavy (non-hydrogen) atoms. The Balaban J connectivity index is 0.00000192. The minimum absolute atomic E-state index is 0. The van der Waals surface area contributed by atoms with E-state index in [0.717, 1.165) is 0 Å². The van der Waals surface area contributed by atoms with E-state index in [0.29, 0.717) is 11.8 Å². The smallest absolute Gasteiger partial charge is 1.00 e. The number of rotatable bonds is 6. The van der Waals surface area contributed by atoms with Crippen LogP contribution in [0.3, 0.4) is 0 Å². The summed E-state index contributed by atoms with van der Waals surface area (Å²) in [5.41, 5.74) is 17.6. The number of hydrogen-bond donors (Lipinski definition) is 0. The van der Waals surface area contributed by atoms with Gasteiger partial charge in [-0.2, -0.15) is 0 Å². The van der Waals surface area contributed by atoms with E-state index in [1.165, 1.54) is 66.2 Å². The number of allylic oxidation sites excluding steroid dienone is 2. The predicted molar refractivity (Wildman–Crippen MR) is 192 cm³/mol. The normalized spacial score (nSPS) is 17.1. The van der Waals surface area contributed by atoms with E-state index in [9.17, 15) is 0 Å². The zero-order valence-corrected chi connectivity index (χ0v) is 31.4. The van der Waals surface area contributed by atoms with Crippen molar-refractivity contribution in [1.29, 1.82) is 0 Å². The molecule has 0 aliphatic heterocycles. The van der Waals surface area contributed by atoms with Crippen LogP contribution in [0.25, 0.3) is 34.4 Å². The van der Waals surface area contributed by atoms with Crippen molar-refractivity contribution in [3.63, 3.8) is 0 Å². The van der Waals surface area contributed by atoms with Gasteiger partial charge in [-0.1, -0.05) is 0 Å². The maximum absolute atomic E-state index is 2.48. The Labute approximate surface area is 306 Å². The van der Waals surface area contributed by atoms with Gasteiger partial charge in [0.25, 0.3) is 0 Å². The van der Waals surface area contributed by atoms with Gasteiger partial charge in [-0.05, 0) is 0 Å². The van der Waals surface area contributed by atoms with Gasteiger partial charge in [0.15, 0.2) is 0 Å². The van der Waals surface area contributed by atoms with E-state index < -0.39 is 0 Å². The van der Waals surface area contributed by atoms with Crippen molar-refractivity contribution >= 4 is 27.6 Å². The summed E-state index contributed by atoms with van der Waals surface area (Å²) < 4.78 is 0. The van der Waals surface area contributed by atoms with E-state index in [4.69, 9.17) is 0 Å². The summed E-state index contributed by atoms with van der Waals surface area (Å²) in [7, 11) is 0. The first-order valence-electron chi connectivity index (χ1n) is 16.0. The minimum atomic E-state index is -0.116. The fourth-order valence-electron chi connectivity index (χ4n) is 6.96. The second-order valence-electron chi connectivity index (χ2n) is 14.8. The molecule has 2 aliphatic carbocycles. The molecule has 0 fully saturated rings. The first kappa shape index (κ1) is 35.9. The Hall–Kier alpha value is -1.90. The van der Waals surface area contributed by atoms with E-state index in [1.54, 1.807) is 11.1 Å². The summed E-state index contributed by atoms with van der Waals surface area (Å²) in [5.74, 6) is 1.14. The molecule has 0 bridgehead atoms. The zero-order valence-electron chi connectivity index (χ0n) is 31.3. The van der Waals surface area contributed by atoms with Gasteiger partial charge in [-0.3, -0.25) is 0 Å². The average molecular weight is 639 g/mol. The summed E-state index contributed by atoms with van der Waals surface area (Å²) in [6, 6.07) is 32.5. The van der Waals surface area contributed by atoms with Gasteiger partial charge in [0.1, 0.15) is 0 Å². The molecule has 0 saturated carbocycles. The second-order valence-corrected chi connectivity index (χ2v) is 17.6. The third kappa shape index (κ3) is 7.33. The molecule has 4 aromatic carbocycles. The third-order valence-electron chi connectivity index (χ3n) is 9.69. The molecule has 0 spiro atoms.